The van der Waals surface area contributed by atoms with E-state index in [1.54, 1.807) is 0 Å². The highest BCUT2D eigenvalue weighted by Gasteiger charge is 2.18. The Labute approximate surface area is 112 Å². The molecule has 0 amide bonds. The van der Waals surface area contributed by atoms with Crippen molar-refractivity contribution in [3.8, 4) is 5.75 Å². The molecular formula is C17H28O. The van der Waals surface area contributed by atoms with Gasteiger partial charge >= 0.3 is 0 Å². The van der Waals surface area contributed by atoms with E-state index in [1.807, 2.05) is 18.2 Å². The Morgan fingerprint density at radius 2 is 1.67 bits per heavy atom. The Balaban J connectivity index is 2.53. The molecule has 0 aliphatic heterocycles. The summed E-state index contributed by atoms with van der Waals surface area (Å²) in [7, 11) is 0. The minimum absolute atomic E-state index is 0.463. The second-order valence-electron chi connectivity index (χ2n) is 5.61. The van der Waals surface area contributed by atoms with Crippen LogP contribution in [0, 0.1) is 5.92 Å². The summed E-state index contributed by atoms with van der Waals surface area (Å²) in [5.74, 6) is 1.54. The van der Waals surface area contributed by atoms with Gasteiger partial charge < -0.3 is 5.11 Å². The van der Waals surface area contributed by atoms with E-state index in [9.17, 15) is 5.11 Å². The molecule has 0 aromatic heterocycles. The van der Waals surface area contributed by atoms with Gasteiger partial charge in [0.25, 0.3) is 0 Å². The SMILES string of the molecule is CCCCCCCC(c1ccccc1O)C(C)C. The van der Waals surface area contributed by atoms with Gasteiger partial charge in [-0.1, -0.05) is 71.1 Å². The first-order valence-electron chi connectivity index (χ1n) is 7.44. The van der Waals surface area contributed by atoms with Gasteiger partial charge in [-0.25, -0.2) is 0 Å². The lowest BCUT2D eigenvalue weighted by molar-refractivity contribution is 0.410. The maximum atomic E-state index is 9.97. The Kier molecular flexibility index (Phi) is 6.85. The summed E-state index contributed by atoms with van der Waals surface area (Å²) in [5.41, 5.74) is 1.13. The number of phenolic OH excluding ortho intramolecular Hbond substituents is 1. The van der Waals surface area contributed by atoms with Gasteiger partial charge in [0, 0.05) is 0 Å². The first kappa shape index (κ1) is 15.1. The number of hydrogen-bond acceptors (Lipinski definition) is 1. The molecule has 0 fully saturated rings. The topological polar surface area (TPSA) is 20.2 Å². The molecule has 1 nitrogen and oxygen atoms in total. The quantitative estimate of drug-likeness (QED) is 0.603. The van der Waals surface area contributed by atoms with Crippen LogP contribution in [0.2, 0.25) is 0 Å². The van der Waals surface area contributed by atoms with Gasteiger partial charge in [-0.15, -0.1) is 0 Å². The van der Waals surface area contributed by atoms with Gasteiger partial charge in [0.05, 0.1) is 0 Å². The third-order valence-electron chi connectivity index (χ3n) is 3.76. The fraction of sp³-hybridized carbons (Fsp3) is 0.647. The molecule has 1 N–H and O–H groups in total. The summed E-state index contributed by atoms with van der Waals surface area (Å²) < 4.78 is 0. The van der Waals surface area contributed by atoms with Crippen molar-refractivity contribution in [2.75, 3.05) is 0 Å². The highest BCUT2D eigenvalue weighted by Crippen LogP contribution is 2.35. The molecule has 1 aromatic carbocycles. The van der Waals surface area contributed by atoms with Crippen molar-refractivity contribution in [3.05, 3.63) is 29.8 Å². The Morgan fingerprint density at radius 1 is 1.00 bits per heavy atom. The van der Waals surface area contributed by atoms with Crippen LogP contribution in [0.15, 0.2) is 24.3 Å². The summed E-state index contributed by atoms with van der Waals surface area (Å²) in [6.45, 7) is 6.76. The summed E-state index contributed by atoms with van der Waals surface area (Å²) in [4.78, 5) is 0. The molecule has 1 heteroatoms. The summed E-state index contributed by atoms with van der Waals surface area (Å²) in [6, 6.07) is 7.81. The van der Waals surface area contributed by atoms with E-state index >= 15 is 0 Å². The largest absolute Gasteiger partial charge is 0.508 e. The highest BCUT2D eigenvalue weighted by molar-refractivity contribution is 5.35. The van der Waals surface area contributed by atoms with E-state index in [-0.39, 0.29) is 0 Å². The van der Waals surface area contributed by atoms with Crippen LogP contribution in [-0.2, 0) is 0 Å². The number of benzene rings is 1. The van der Waals surface area contributed by atoms with E-state index < -0.39 is 0 Å². The molecule has 1 aromatic rings. The maximum absolute atomic E-state index is 9.97. The third kappa shape index (κ3) is 4.72. The molecule has 0 heterocycles. The van der Waals surface area contributed by atoms with Crippen molar-refractivity contribution in [2.45, 2.75) is 65.2 Å². The van der Waals surface area contributed by atoms with E-state index in [1.165, 1.54) is 38.5 Å². The Morgan fingerprint density at radius 3 is 2.28 bits per heavy atom. The number of hydrogen-bond donors (Lipinski definition) is 1. The van der Waals surface area contributed by atoms with Crippen molar-refractivity contribution in [1.29, 1.82) is 0 Å². The molecule has 0 spiro atoms. The summed E-state index contributed by atoms with van der Waals surface area (Å²) in [6.07, 6.45) is 7.79. The van der Waals surface area contributed by atoms with Crippen LogP contribution < -0.4 is 0 Å². The van der Waals surface area contributed by atoms with Crippen molar-refractivity contribution in [3.63, 3.8) is 0 Å². The van der Waals surface area contributed by atoms with E-state index in [0.717, 1.165) is 5.56 Å². The second-order valence-corrected chi connectivity index (χ2v) is 5.61. The van der Waals surface area contributed by atoms with Crippen LogP contribution in [0.1, 0.15) is 70.8 Å². The minimum Gasteiger partial charge on any atom is -0.508 e. The minimum atomic E-state index is 0.463. The fourth-order valence-corrected chi connectivity index (χ4v) is 2.62. The predicted molar refractivity (Wildman–Crippen MR) is 79.1 cm³/mol. The molecule has 1 unspecified atom stereocenters. The smallest absolute Gasteiger partial charge is 0.119 e. The van der Waals surface area contributed by atoms with Gasteiger partial charge in [-0.05, 0) is 29.9 Å². The van der Waals surface area contributed by atoms with Crippen LogP contribution in [0.25, 0.3) is 0 Å². The van der Waals surface area contributed by atoms with Crippen LogP contribution in [0.4, 0.5) is 0 Å². The second kappa shape index (κ2) is 8.18. The first-order chi connectivity index (χ1) is 8.66. The molecule has 102 valence electrons. The molecular weight excluding hydrogens is 220 g/mol. The predicted octanol–water partition coefficient (Wildman–Crippen LogP) is 5.49. The molecule has 18 heavy (non-hydrogen) atoms. The van der Waals surface area contributed by atoms with E-state index in [4.69, 9.17) is 0 Å². The lowest BCUT2D eigenvalue weighted by atomic mass is 9.83. The first-order valence-corrected chi connectivity index (χ1v) is 7.44. The van der Waals surface area contributed by atoms with Crippen molar-refractivity contribution >= 4 is 0 Å². The normalized spacial score (nSPS) is 12.9. The number of unbranched alkanes of at least 4 members (excludes halogenated alkanes) is 4. The van der Waals surface area contributed by atoms with Crippen LogP contribution in [0.3, 0.4) is 0 Å². The van der Waals surface area contributed by atoms with E-state index in [0.29, 0.717) is 17.6 Å². The molecule has 0 radical (unpaired) electrons. The van der Waals surface area contributed by atoms with Crippen LogP contribution in [-0.4, -0.2) is 5.11 Å². The standard InChI is InChI=1S/C17H28O/c1-4-5-6-7-8-11-15(14(2)3)16-12-9-10-13-17(16)18/h9-10,12-15,18H,4-8,11H2,1-3H3. The molecule has 0 aliphatic rings. The van der Waals surface area contributed by atoms with Crippen LogP contribution >= 0.6 is 0 Å². The zero-order chi connectivity index (χ0) is 13.4. The lowest BCUT2D eigenvalue weighted by Gasteiger charge is -2.22. The van der Waals surface area contributed by atoms with Crippen molar-refractivity contribution < 1.29 is 5.11 Å². The van der Waals surface area contributed by atoms with Crippen molar-refractivity contribution in [2.24, 2.45) is 5.92 Å². The maximum Gasteiger partial charge on any atom is 0.119 e. The lowest BCUT2D eigenvalue weighted by Crippen LogP contribution is -2.07. The average Bonchev–Trinajstić information content (AvgIpc) is 2.35. The van der Waals surface area contributed by atoms with Gasteiger partial charge in [0.2, 0.25) is 0 Å². The molecule has 0 bridgehead atoms. The zero-order valence-corrected chi connectivity index (χ0v) is 12.2. The molecule has 0 aliphatic carbocycles. The van der Waals surface area contributed by atoms with Crippen LogP contribution in [0.5, 0.6) is 5.75 Å². The van der Waals surface area contributed by atoms with E-state index in [2.05, 4.69) is 26.8 Å². The monoisotopic (exact) mass is 248 g/mol. The fourth-order valence-electron chi connectivity index (χ4n) is 2.62. The van der Waals surface area contributed by atoms with Crippen molar-refractivity contribution in [1.82, 2.24) is 0 Å². The number of aromatic hydroxyl groups is 1. The average molecular weight is 248 g/mol. The molecule has 1 atom stereocenters. The number of rotatable bonds is 8. The number of para-hydroxylation sites is 1. The van der Waals surface area contributed by atoms with Gasteiger partial charge in [0.15, 0.2) is 0 Å². The highest BCUT2D eigenvalue weighted by atomic mass is 16.3. The Bertz CT molecular complexity index is 330. The molecule has 0 saturated heterocycles. The number of phenols is 1. The summed E-state index contributed by atoms with van der Waals surface area (Å²) in [5, 5.41) is 9.97. The van der Waals surface area contributed by atoms with Gasteiger partial charge in [-0.3, -0.25) is 0 Å². The molecule has 1 rings (SSSR count). The molecule has 0 saturated carbocycles. The Hall–Kier alpha value is -0.980. The summed E-state index contributed by atoms with van der Waals surface area (Å²) >= 11 is 0. The van der Waals surface area contributed by atoms with Gasteiger partial charge in [0.1, 0.15) is 5.75 Å². The zero-order valence-electron chi connectivity index (χ0n) is 12.2. The third-order valence-corrected chi connectivity index (χ3v) is 3.76. The van der Waals surface area contributed by atoms with Gasteiger partial charge in [-0.2, -0.15) is 0 Å².